The van der Waals surface area contributed by atoms with Gasteiger partial charge < -0.3 is 18.8 Å². The Morgan fingerprint density at radius 1 is 0.903 bits per heavy atom. The third kappa shape index (κ3) is 5.91. The zero-order chi connectivity index (χ0) is 22.1. The van der Waals surface area contributed by atoms with Crippen LogP contribution < -0.4 is 14.2 Å². The van der Waals surface area contributed by atoms with Gasteiger partial charge in [-0.2, -0.15) is 0 Å². The largest absolute Gasteiger partial charge is 0.490 e. The maximum Gasteiger partial charge on any atom is 0.311 e. The Bertz CT molecular complexity index is 978. The van der Waals surface area contributed by atoms with Crippen LogP contribution in [0.4, 0.5) is 0 Å². The van der Waals surface area contributed by atoms with Crippen LogP contribution in [0.3, 0.4) is 0 Å². The Balaban J connectivity index is 1.74. The molecule has 0 aliphatic carbocycles. The standard InChI is InChI=1S/C26H31NO4/c1-4-6-15-25(28)31-26-23(29-5-2)13-10-14-24(26)30-19-18-27-20(3)16-17-22(27)21-11-8-7-9-12-21/h7-14,16-17H,4-6,15,18-19H2,1-3H3. The molecule has 0 saturated carbocycles. The van der Waals surface area contributed by atoms with Gasteiger partial charge in [0, 0.05) is 17.8 Å². The van der Waals surface area contributed by atoms with Crippen molar-refractivity contribution in [3.05, 3.63) is 66.4 Å². The molecule has 0 bridgehead atoms. The van der Waals surface area contributed by atoms with Crippen molar-refractivity contribution in [2.24, 2.45) is 0 Å². The van der Waals surface area contributed by atoms with Crippen LogP contribution in [-0.4, -0.2) is 23.8 Å². The molecule has 0 saturated heterocycles. The van der Waals surface area contributed by atoms with E-state index >= 15 is 0 Å². The summed E-state index contributed by atoms with van der Waals surface area (Å²) in [6.07, 6.45) is 2.10. The molecule has 31 heavy (non-hydrogen) atoms. The molecule has 0 unspecified atom stereocenters. The van der Waals surface area contributed by atoms with Crippen molar-refractivity contribution in [1.82, 2.24) is 4.57 Å². The van der Waals surface area contributed by atoms with E-state index in [-0.39, 0.29) is 5.97 Å². The van der Waals surface area contributed by atoms with Crippen molar-refractivity contribution in [3.63, 3.8) is 0 Å². The number of hydrogen-bond donors (Lipinski definition) is 0. The van der Waals surface area contributed by atoms with E-state index in [0.717, 1.165) is 24.2 Å². The molecule has 5 nitrogen and oxygen atoms in total. The second-order valence-electron chi connectivity index (χ2n) is 7.32. The summed E-state index contributed by atoms with van der Waals surface area (Å²) in [6, 6.07) is 20.0. The fraction of sp³-hybridized carbons (Fsp3) is 0.346. The normalized spacial score (nSPS) is 10.7. The minimum atomic E-state index is -0.272. The van der Waals surface area contributed by atoms with Gasteiger partial charge in [0.25, 0.3) is 0 Å². The first-order valence-electron chi connectivity index (χ1n) is 10.9. The number of unbranched alkanes of at least 4 members (excludes halogenated alkanes) is 1. The molecule has 0 amide bonds. The van der Waals surface area contributed by atoms with Gasteiger partial charge in [-0.3, -0.25) is 4.79 Å². The number of hydrogen-bond acceptors (Lipinski definition) is 4. The Kier molecular flexibility index (Phi) is 8.16. The van der Waals surface area contributed by atoms with Gasteiger partial charge in [0.05, 0.1) is 13.2 Å². The number of rotatable bonds is 11. The molecule has 0 aliphatic rings. The summed E-state index contributed by atoms with van der Waals surface area (Å²) in [6.45, 7) is 7.61. The van der Waals surface area contributed by atoms with E-state index in [4.69, 9.17) is 14.2 Å². The first-order valence-corrected chi connectivity index (χ1v) is 10.9. The van der Waals surface area contributed by atoms with Crippen molar-refractivity contribution in [1.29, 1.82) is 0 Å². The quantitative estimate of drug-likeness (QED) is 0.280. The van der Waals surface area contributed by atoms with Gasteiger partial charge in [-0.25, -0.2) is 0 Å². The number of benzene rings is 2. The smallest absolute Gasteiger partial charge is 0.311 e. The number of carbonyl (C=O) groups is 1. The molecule has 0 N–H and O–H groups in total. The first kappa shape index (κ1) is 22.5. The van der Waals surface area contributed by atoms with Crippen LogP contribution >= 0.6 is 0 Å². The summed E-state index contributed by atoms with van der Waals surface area (Å²) in [5.41, 5.74) is 3.48. The Hall–Kier alpha value is -3.21. The molecule has 2 aromatic carbocycles. The van der Waals surface area contributed by atoms with Crippen molar-refractivity contribution in [2.75, 3.05) is 13.2 Å². The molecule has 0 fully saturated rings. The molecule has 1 heterocycles. The van der Waals surface area contributed by atoms with Crippen LogP contribution in [0, 0.1) is 6.92 Å². The zero-order valence-electron chi connectivity index (χ0n) is 18.6. The highest BCUT2D eigenvalue weighted by molar-refractivity contribution is 5.74. The van der Waals surface area contributed by atoms with Gasteiger partial charge in [-0.05, 0) is 50.1 Å². The number of aromatic nitrogens is 1. The van der Waals surface area contributed by atoms with Crippen molar-refractivity contribution < 1.29 is 19.0 Å². The lowest BCUT2D eigenvalue weighted by Gasteiger charge is -2.17. The lowest BCUT2D eigenvalue weighted by molar-refractivity contribution is -0.134. The van der Waals surface area contributed by atoms with Crippen molar-refractivity contribution in [2.45, 2.75) is 46.6 Å². The van der Waals surface area contributed by atoms with E-state index < -0.39 is 0 Å². The Morgan fingerprint density at radius 3 is 2.35 bits per heavy atom. The van der Waals surface area contributed by atoms with Gasteiger partial charge in [-0.1, -0.05) is 49.7 Å². The van der Waals surface area contributed by atoms with Crippen molar-refractivity contribution in [3.8, 4) is 28.5 Å². The molecule has 0 aliphatic heterocycles. The van der Waals surface area contributed by atoms with Crippen LogP contribution in [-0.2, 0) is 11.3 Å². The third-order valence-electron chi connectivity index (χ3n) is 5.03. The average molecular weight is 422 g/mol. The lowest BCUT2D eigenvalue weighted by atomic mass is 10.1. The topological polar surface area (TPSA) is 49.7 Å². The molecular formula is C26H31NO4. The summed E-state index contributed by atoms with van der Waals surface area (Å²) in [5.74, 6) is 1.12. The monoisotopic (exact) mass is 421 g/mol. The molecule has 0 atom stereocenters. The van der Waals surface area contributed by atoms with E-state index in [2.05, 4.69) is 35.8 Å². The van der Waals surface area contributed by atoms with E-state index in [1.807, 2.05) is 44.2 Å². The number of nitrogens with zero attached hydrogens (tertiary/aromatic N) is 1. The number of para-hydroxylation sites is 1. The minimum Gasteiger partial charge on any atom is -0.490 e. The second-order valence-corrected chi connectivity index (χ2v) is 7.32. The number of ether oxygens (including phenoxy) is 3. The van der Waals surface area contributed by atoms with Crippen LogP contribution in [0.2, 0.25) is 0 Å². The molecule has 1 aromatic heterocycles. The summed E-state index contributed by atoms with van der Waals surface area (Å²) in [4.78, 5) is 12.2. The minimum absolute atomic E-state index is 0.272. The summed E-state index contributed by atoms with van der Waals surface area (Å²) in [7, 11) is 0. The van der Waals surface area contributed by atoms with Crippen LogP contribution in [0.5, 0.6) is 17.2 Å². The summed E-state index contributed by atoms with van der Waals surface area (Å²) < 4.78 is 19.6. The molecule has 164 valence electrons. The second kappa shape index (κ2) is 11.3. The predicted octanol–water partition coefficient (Wildman–Crippen LogP) is 6.04. The Labute approximate surface area is 184 Å². The Morgan fingerprint density at radius 2 is 1.65 bits per heavy atom. The third-order valence-corrected chi connectivity index (χ3v) is 5.03. The molecule has 3 rings (SSSR count). The summed E-state index contributed by atoms with van der Waals surface area (Å²) >= 11 is 0. The van der Waals surface area contributed by atoms with E-state index in [1.165, 1.54) is 5.56 Å². The number of aryl methyl sites for hydroxylation is 1. The SMILES string of the molecule is CCCCC(=O)Oc1c(OCC)cccc1OCCn1c(C)ccc1-c1ccccc1. The van der Waals surface area contributed by atoms with E-state index in [1.54, 1.807) is 6.07 Å². The van der Waals surface area contributed by atoms with Gasteiger partial charge >= 0.3 is 5.97 Å². The zero-order valence-corrected chi connectivity index (χ0v) is 18.6. The van der Waals surface area contributed by atoms with Crippen LogP contribution in [0.15, 0.2) is 60.7 Å². The van der Waals surface area contributed by atoms with E-state index in [0.29, 0.717) is 43.4 Å². The average Bonchev–Trinajstić information content (AvgIpc) is 3.15. The highest BCUT2D eigenvalue weighted by Crippen LogP contribution is 2.38. The van der Waals surface area contributed by atoms with Gasteiger partial charge in [0.2, 0.25) is 5.75 Å². The fourth-order valence-electron chi connectivity index (χ4n) is 3.44. The van der Waals surface area contributed by atoms with Crippen molar-refractivity contribution >= 4 is 5.97 Å². The maximum atomic E-state index is 12.2. The van der Waals surface area contributed by atoms with Crippen LogP contribution in [0.1, 0.15) is 38.8 Å². The highest BCUT2D eigenvalue weighted by Gasteiger charge is 2.17. The highest BCUT2D eigenvalue weighted by atomic mass is 16.6. The van der Waals surface area contributed by atoms with Gasteiger partial charge in [0.1, 0.15) is 6.61 Å². The summed E-state index contributed by atoms with van der Waals surface area (Å²) in [5, 5.41) is 0. The predicted molar refractivity (Wildman–Crippen MR) is 123 cm³/mol. The van der Waals surface area contributed by atoms with E-state index in [9.17, 15) is 4.79 Å². The number of esters is 1. The molecule has 5 heteroatoms. The molecular weight excluding hydrogens is 390 g/mol. The fourth-order valence-corrected chi connectivity index (χ4v) is 3.44. The molecule has 0 spiro atoms. The molecule has 3 aromatic rings. The van der Waals surface area contributed by atoms with Gasteiger partial charge in [0.15, 0.2) is 11.5 Å². The lowest BCUT2D eigenvalue weighted by Crippen LogP contribution is -2.13. The number of carbonyl (C=O) groups excluding carboxylic acids is 1. The van der Waals surface area contributed by atoms with Crippen LogP contribution in [0.25, 0.3) is 11.3 Å². The van der Waals surface area contributed by atoms with Gasteiger partial charge in [-0.15, -0.1) is 0 Å². The molecule has 0 radical (unpaired) electrons. The maximum absolute atomic E-state index is 12.2. The first-order chi connectivity index (χ1) is 15.1.